The molecule has 0 saturated carbocycles. The molecule has 0 radical (unpaired) electrons. The van der Waals surface area contributed by atoms with E-state index in [0.29, 0.717) is 13.0 Å². The van der Waals surface area contributed by atoms with Crippen molar-refractivity contribution in [3.8, 4) is 0 Å². The first-order chi connectivity index (χ1) is 6.61. The fourth-order valence-electron chi connectivity index (χ4n) is 0.856. The van der Waals surface area contributed by atoms with E-state index in [2.05, 4.69) is 0 Å². The van der Waals surface area contributed by atoms with Crippen molar-refractivity contribution >= 4 is 11.9 Å². The van der Waals surface area contributed by atoms with E-state index < -0.39 is 11.9 Å². The highest BCUT2D eigenvalue weighted by Crippen LogP contribution is 2.04. The standard InChI is InChI=1S/C10H16O4/c1-3-5-6-14-10(13)8(4-2)7-9(11)12/h7H,3-6H2,1-2H3,(H,11,12)/b8-7+. The molecule has 0 aliphatic heterocycles. The fraction of sp³-hybridized carbons (Fsp3) is 0.600. The van der Waals surface area contributed by atoms with Gasteiger partial charge in [0, 0.05) is 11.6 Å². The number of esters is 1. The van der Waals surface area contributed by atoms with Gasteiger partial charge < -0.3 is 9.84 Å². The number of carbonyl (C=O) groups excluding carboxylic acids is 1. The van der Waals surface area contributed by atoms with Crippen LogP contribution in [-0.2, 0) is 14.3 Å². The summed E-state index contributed by atoms with van der Waals surface area (Å²) >= 11 is 0. The summed E-state index contributed by atoms with van der Waals surface area (Å²) in [5, 5.41) is 8.45. The third-order valence-electron chi connectivity index (χ3n) is 1.67. The van der Waals surface area contributed by atoms with Crippen molar-refractivity contribution in [2.45, 2.75) is 33.1 Å². The Morgan fingerprint density at radius 2 is 2.00 bits per heavy atom. The van der Waals surface area contributed by atoms with Gasteiger partial charge in [-0.2, -0.15) is 0 Å². The van der Waals surface area contributed by atoms with E-state index in [1.54, 1.807) is 6.92 Å². The Bertz CT molecular complexity index is 230. The van der Waals surface area contributed by atoms with E-state index in [1.165, 1.54) is 0 Å². The predicted molar refractivity (Wildman–Crippen MR) is 51.9 cm³/mol. The monoisotopic (exact) mass is 200 g/mol. The van der Waals surface area contributed by atoms with Crippen LogP contribution in [0, 0.1) is 0 Å². The SMILES string of the molecule is CCCCOC(=O)/C(=C/C(=O)O)CC. The minimum atomic E-state index is -1.12. The summed E-state index contributed by atoms with van der Waals surface area (Å²) in [5.41, 5.74) is 0.202. The lowest BCUT2D eigenvalue weighted by Gasteiger charge is -2.04. The first-order valence-corrected chi connectivity index (χ1v) is 4.72. The Hall–Kier alpha value is -1.32. The van der Waals surface area contributed by atoms with Gasteiger partial charge in [-0.1, -0.05) is 20.3 Å². The molecule has 4 heteroatoms. The summed E-state index contributed by atoms with van der Waals surface area (Å²) in [7, 11) is 0. The number of unbranched alkanes of at least 4 members (excludes halogenated alkanes) is 1. The first kappa shape index (κ1) is 12.7. The first-order valence-electron chi connectivity index (χ1n) is 4.72. The number of carbonyl (C=O) groups is 2. The van der Waals surface area contributed by atoms with Crippen LogP contribution in [0.3, 0.4) is 0 Å². The van der Waals surface area contributed by atoms with E-state index in [-0.39, 0.29) is 5.57 Å². The molecule has 0 aromatic carbocycles. The molecule has 0 unspecified atom stereocenters. The lowest BCUT2D eigenvalue weighted by molar-refractivity contribution is -0.140. The number of carboxylic acid groups (broad SMARTS) is 1. The smallest absolute Gasteiger partial charge is 0.334 e. The molecule has 0 aromatic rings. The Kier molecular flexibility index (Phi) is 6.45. The lowest BCUT2D eigenvalue weighted by atomic mass is 10.2. The zero-order valence-electron chi connectivity index (χ0n) is 8.58. The van der Waals surface area contributed by atoms with Crippen LogP contribution in [0.4, 0.5) is 0 Å². The molecule has 0 aliphatic rings. The molecule has 0 spiro atoms. The van der Waals surface area contributed by atoms with Gasteiger partial charge in [0.25, 0.3) is 0 Å². The minimum absolute atomic E-state index is 0.202. The Morgan fingerprint density at radius 1 is 1.36 bits per heavy atom. The number of aliphatic carboxylic acids is 1. The number of hydrogen-bond donors (Lipinski definition) is 1. The Balaban J connectivity index is 4.12. The Morgan fingerprint density at radius 3 is 2.43 bits per heavy atom. The maximum absolute atomic E-state index is 11.2. The van der Waals surface area contributed by atoms with Crippen LogP contribution in [0.2, 0.25) is 0 Å². The van der Waals surface area contributed by atoms with E-state index >= 15 is 0 Å². The molecule has 0 rings (SSSR count). The maximum Gasteiger partial charge on any atom is 0.334 e. The van der Waals surface area contributed by atoms with Crippen LogP contribution in [-0.4, -0.2) is 23.7 Å². The number of rotatable bonds is 6. The molecule has 1 N–H and O–H groups in total. The third-order valence-corrected chi connectivity index (χ3v) is 1.67. The van der Waals surface area contributed by atoms with Gasteiger partial charge in [0.1, 0.15) is 0 Å². The second-order valence-corrected chi connectivity index (χ2v) is 2.85. The summed E-state index contributed by atoms with van der Waals surface area (Å²) in [6.07, 6.45) is 3.01. The molecule has 0 amide bonds. The van der Waals surface area contributed by atoms with Crippen LogP contribution in [0.5, 0.6) is 0 Å². The van der Waals surface area contributed by atoms with Gasteiger partial charge in [-0.05, 0) is 12.8 Å². The largest absolute Gasteiger partial charge is 0.478 e. The van der Waals surface area contributed by atoms with Crippen LogP contribution >= 0.6 is 0 Å². The van der Waals surface area contributed by atoms with E-state index in [1.807, 2.05) is 6.92 Å². The average Bonchev–Trinajstić information content (AvgIpc) is 2.14. The molecule has 0 aromatic heterocycles. The molecule has 0 bridgehead atoms. The van der Waals surface area contributed by atoms with Crippen molar-refractivity contribution in [1.82, 2.24) is 0 Å². The molecule has 14 heavy (non-hydrogen) atoms. The minimum Gasteiger partial charge on any atom is -0.478 e. The van der Waals surface area contributed by atoms with Gasteiger partial charge in [0.2, 0.25) is 0 Å². The normalized spacial score (nSPS) is 11.1. The Labute approximate surface area is 83.6 Å². The van der Waals surface area contributed by atoms with E-state index in [0.717, 1.165) is 18.9 Å². The van der Waals surface area contributed by atoms with Crippen molar-refractivity contribution in [1.29, 1.82) is 0 Å². The lowest BCUT2D eigenvalue weighted by Crippen LogP contribution is -2.10. The summed E-state index contributed by atoms with van der Waals surface area (Å²) in [6.45, 7) is 4.06. The van der Waals surface area contributed by atoms with Crippen LogP contribution in [0.15, 0.2) is 11.6 Å². The number of ether oxygens (including phenoxy) is 1. The van der Waals surface area contributed by atoms with Gasteiger partial charge in [-0.15, -0.1) is 0 Å². The van der Waals surface area contributed by atoms with E-state index in [9.17, 15) is 9.59 Å². The maximum atomic E-state index is 11.2. The highest BCUT2D eigenvalue weighted by molar-refractivity contribution is 5.95. The van der Waals surface area contributed by atoms with Gasteiger partial charge in [-0.3, -0.25) is 0 Å². The zero-order chi connectivity index (χ0) is 11.0. The van der Waals surface area contributed by atoms with Crippen molar-refractivity contribution in [2.75, 3.05) is 6.61 Å². The molecule has 0 fully saturated rings. The third kappa shape index (κ3) is 5.35. The summed E-state index contributed by atoms with van der Waals surface area (Å²) in [6, 6.07) is 0. The van der Waals surface area contributed by atoms with Gasteiger partial charge in [0.05, 0.1) is 6.61 Å². The molecule has 0 aliphatic carbocycles. The molecule has 80 valence electrons. The quantitative estimate of drug-likeness (QED) is 0.403. The van der Waals surface area contributed by atoms with Crippen molar-refractivity contribution in [3.63, 3.8) is 0 Å². The van der Waals surface area contributed by atoms with Gasteiger partial charge >= 0.3 is 11.9 Å². The van der Waals surface area contributed by atoms with Crippen molar-refractivity contribution in [2.24, 2.45) is 0 Å². The second-order valence-electron chi connectivity index (χ2n) is 2.85. The molecule has 0 atom stereocenters. The van der Waals surface area contributed by atoms with Crippen molar-refractivity contribution < 1.29 is 19.4 Å². The fourth-order valence-corrected chi connectivity index (χ4v) is 0.856. The topological polar surface area (TPSA) is 63.6 Å². The molecule has 0 heterocycles. The van der Waals surface area contributed by atoms with Crippen LogP contribution in [0.25, 0.3) is 0 Å². The number of hydrogen-bond acceptors (Lipinski definition) is 3. The highest BCUT2D eigenvalue weighted by atomic mass is 16.5. The number of carboxylic acids is 1. The molecular formula is C10H16O4. The highest BCUT2D eigenvalue weighted by Gasteiger charge is 2.09. The summed E-state index contributed by atoms with van der Waals surface area (Å²) in [5.74, 6) is -1.64. The average molecular weight is 200 g/mol. The zero-order valence-corrected chi connectivity index (χ0v) is 8.58. The second kappa shape index (κ2) is 7.12. The summed E-state index contributed by atoms with van der Waals surface area (Å²) in [4.78, 5) is 21.5. The van der Waals surface area contributed by atoms with Gasteiger partial charge in [0.15, 0.2) is 0 Å². The van der Waals surface area contributed by atoms with Crippen LogP contribution < -0.4 is 0 Å². The van der Waals surface area contributed by atoms with Gasteiger partial charge in [-0.25, -0.2) is 9.59 Å². The van der Waals surface area contributed by atoms with Crippen molar-refractivity contribution in [3.05, 3.63) is 11.6 Å². The molecule has 4 nitrogen and oxygen atoms in total. The molecule has 0 saturated heterocycles. The predicted octanol–water partition coefficient (Wildman–Crippen LogP) is 1.75. The van der Waals surface area contributed by atoms with E-state index in [4.69, 9.17) is 9.84 Å². The van der Waals surface area contributed by atoms with Crippen LogP contribution in [0.1, 0.15) is 33.1 Å². The molecular weight excluding hydrogens is 184 g/mol. The summed E-state index contributed by atoms with van der Waals surface area (Å²) < 4.78 is 4.87.